The lowest BCUT2D eigenvalue weighted by molar-refractivity contribution is -0.120. The predicted octanol–water partition coefficient (Wildman–Crippen LogP) is 3.21. The zero-order valence-corrected chi connectivity index (χ0v) is 13.4. The van der Waals surface area contributed by atoms with Crippen LogP contribution in [-0.4, -0.2) is 37.6 Å². The number of benzene rings is 1. The van der Waals surface area contributed by atoms with E-state index in [9.17, 15) is 4.79 Å². The molecule has 1 saturated heterocycles. The molecule has 3 rings (SSSR count). The Morgan fingerprint density at radius 2 is 1.91 bits per heavy atom. The summed E-state index contributed by atoms with van der Waals surface area (Å²) in [5, 5.41) is 3.06. The van der Waals surface area contributed by atoms with Crippen LogP contribution in [0.25, 0.3) is 0 Å². The summed E-state index contributed by atoms with van der Waals surface area (Å²) in [6, 6.07) is 8.13. The van der Waals surface area contributed by atoms with Crippen molar-refractivity contribution in [2.75, 3.05) is 32.1 Å². The lowest BCUT2D eigenvalue weighted by atomic mass is 9.88. The molecule has 1 aliphatic heterocycles. The van der Waals surface area contributed by atoms with Gasteiger partial charge in [-0.25, -0.2) is 0 Å². The smallest absolute Gasteiger partial charge is 0.227 e. The number of nitrogens with zero attached hydrogens (tertiary/aromatic N) is 1. The number of likely N-dealkylation sites (N-methyl/N-ethyl adjacent to an activating group) is 1. The van der Waals surface area contributed by atoms with Gasteiger partial charge in [0.2, 0.25) is 5.91 Å². The third-order valence-corrected chi connectivity index (χ3v) is 4.80. The number of anilines is 1. The van der Waals surface area contributed by atoms with Crippen LogP contribution in [0.15, 0.2) is 24.3 Å². The Morgan fingerprint density at radius 3 is 2.59 bits per heavy atom. The zero-order chi connectivity index (χ0) is 15.4. The first-order valence-electron chi connectivity index (χ1n) is 8.43. The van der Waals surface area contributed by atoms with Crippen molar-refractivity contribution in [3.05, 3.63) is 29.8 Å². The summed E-state index contributed by atoms with van der Waals surface area (Å²) in [7, 11) is 2.12. The number of carbonyl (C=O) groups excluding carboxylic acids is 1. The Morgan fingerprint density at radius 1 is 1.18 bits per heavy atom. The molecule has 1 atom stereocenters. The lowest BCUT2D eigenvalue weighted by Gasteiger charge is -2.30. The van der Waals surface area contributed by atoms with Gasteiger partial charge in [-0.05, 0) is 37.6 Å². The van der Waals surface area contributed by atoms with E-state index in [-0.39, 0.29) is 17.9 Å². The summed E-state index contributed by atoms with van der Waals surface area (Å²) in [4.78, 5) is 14.5. The van der Waals surface area contributed by atoms with Gasteiger partial charge in [0.15, 0.2) is 0 Å². The largest absolute Gasteiger partial charge is 0.371 e. The van der Waals surface area contributed by atoms with E-state index in [1.54, 1.807) is 0 Å². The normalized spacial score (nSPS) is 24.1. The first-order valence-corrected chi connectivity index (χ1v) is 8.43. The molecule has 1 N–H and O–H groups in total. The maximum absolute atomic E-state index is 12.3. The quantitative estimate of drug-likeness (QED) is 0.932. The summed E-state index contributed by atoms with van der Waals surface area (Å²) < 4.78 is 5.82. The van der Waals surface area contributed by atoms with E-state index >= 15 is 0 Å². The molecule has 22 heavy (non-hydrogen) atoms. The van der Waals surface area contributed by atoms with Crippen molar-refractivity contribution in [2.45, 2.75) is 38.2 Å². The third-order valence-electron chi connectivity index (χ3n) is 4.80. The number of ether oxygens (including phenoxy) is 1. The van der Waals surface area contributed by atoms with Crippen LogP contribution >= 0.6 is 0 Å². The topological polar surface area (TPSA) is 41.6 Å². The Balaban J connectivity index is 1.58. The summed E-state index contributed by atoms with van der Waals surface area (Å²) in [6.07, 6.45) is 5.85. The molecule has 1 aromatic rings. The van der Waals surface area contributed by atoms with E-state index in [1.807, 2.05) is 12.1 Å². The van der Waals surface area contributed by atoms with Gasteiger partial charge in [0.25, 0.3) is 0 Å². The molecule has 1 amide bonds. The van der Waals surface area contributed by atoms with Crippen LogP contribution in [-0.2, 0) is 9.53 Å². The van der Waals surface area contributed by atoms with E-state index in [2.05, 4.69) is 29.4 Å². The summed E-state index contributed by atoms with van der Waals surface area (Å²) in [5.41, 5.74) is 2.07. The van der Waals surface area contributed by atoms with Crippen LogP contribution < -0.4 is 5.32 Å². The van der Waals surface area contributed by atoms with Crippen LogP contribution in [0.1, 0.15) is 43.8 Å². The van der Waals surface area contributed by atoms with Crippen molar-refractivity contribution < 1.29 is 9.53 Å². The van der Waals surface area contributed by atoms with Gasteiger partial charge in [-0.15, -0.1) is 0 Å². The number of morpholine rings is 1. The van der Waals surface area contributed by atoms with Gasteiger partial charge in [0, 0.05) is 24.7 Å². The van der Waals surface area contributed by atoms with Gasteiger partial charge in [-0.3, -0.25) is 4.79 Å². The molecule has 0 radical (unpaired) electrons. The number of nitrogens with one attached hydrogen (secondary N) is 1. The minimum Gasteiger partial charge on any atom is -0.371 e. The van der Waals surface area contributed by atoms with E-state index in [0.29, 0.717) is 0 Å². The van der Waals surface area contributed by atoms with E-state index in [0.717, 1.165) is 38.2 Å². The van der Waals surface area contributed by atoms with Gasteiger partial charge in [-0.2, -0.15) is 0 Å². The van der Waals surface area contributed by atoms with Crippen LogP contribution in [0.4, 0.5) is 5.69 Å². The highest BCUT2D eigenvalue weighted by Gasteiger charge is 2.22. The number of amides is 1. The van der Waals surface area contributed by atoms with Crippen molar-refractivity contribution in [1.82, 2.24) is 4.90 Å². The molecule has 2 aliphatic rings. The van der Waals surface area contributed by atoms with Crippen molar-refractivity contribution in [3.63, 3.8) is 0 Å². The molecule has 2 fully saturated rings. The summed E-state index contributed by atoms with van der Waals surface area (Å²) >= 11 is 0. The average Bonchev–Trinajstić information content (AvgIpc) is 2.56. The average molecular weight is 302 g/mol. The van der Waals surface area contributed by atoms with Crippen molar-refractivity contribution in [3.8, 4) is 0 Å². The Hall–Kier alpha value is -1.39. The Labute approximate surface area is 132 Å². The second-order valence-corrected chi connectivity index (χ2v) is 6.57. The SMILES string of the molecule is CN1CCOC(c2ccc(NC(=O)C3CCCCC3)cc2)C1. The van der Waals surface area contributed by atoms with E-state index in [4.69, 9.17) is 4.74 Å². The van der Waals surface area contributed by atoms with Gasteiger partial charge in [0.1, 0.15) is 0 Å². The predicted molar refractivity (Wildman–Crippen MR) is 87.8 cm³/mol. The molecule has 4 nitrogen and oxygen atoms in total. The molecule has 0 spiro atoms. The highest BCUT2D eigenvalue weighted by Crippen LogP contribution is 2.26. The zero-order valence-electron chi connectivity index (χ0n) is 13.4. The molecule has 1 aliphatic carbocycles. The van der Waals surface area contributed by atoms with Gasteiger partial charge < -0.3 is 15.0 Å². The highest BCUT2D eigenvalue weighted by molar-refractivity contribution is 5.92. The second-order valence-electron chi connectivity index (χ2n) is 6.57. The molecule has 0 bridgehead atoms. The molecule has 120 valence electrons. The number of carbonyl (C=O) groups is 1. The van der Waals surface area contributed by atoms with Crippen LogP contribution in [0.3, 0.4) is 0 Å². The van der Waals surface area contributed by atoms with Gasteiger partial charge in [0.05, 0.1) is 12.7 Å². The fourth-order valence-electron chi connectivity index (χ4n) is 3.37. The van der Waals surface area contributed by atoms with Gasteiger partial charge >= 0.3 is 0 Å². The molecule has 1 saturated carbocycles. The van der Waals surface area contributed by atoms with Crippen LogP contribution in [0.2, 0.25) is 0 Å². The maximum Gasteiger partial charge on any atom is 0.227 e. The third kappa shape index (κ3) is 3.87. The summed E-state index contributed by atoms with van der Waals surface area (Å²) in [6.45, 7) is 2.70. The molecular formula is C18H26N2O2. The highest BCUT2D eigenvalue weighted by atomic mass is 16.5. The molecule has 0 aromatic heterocycles. The molecular weight excluding hydrogens is 276 g/mol. The lowest BCUT2D eigenvalue weighted by Crippen LogP contribution is -2.35. The number of hydrogen-bond acceptors (Lipinski definition) is 3. The minimum absolute atomic E-state index is 0.141. The molecule has 4 heteroatoms. The molecule has 1 heterocycles. The van der Waals surface area contributed by atoms with Crippen LogP contribution in [0, 0.1) is 5.92 Å². The van der Waals surface area contributed by atoms with Crippen molar-refractivity contribution in [2.24, 2.45) is 5.92 Å². The fourth-order valence-corrected chi connectivity index (χ4v) is 3.37. The van der Waals surface area contributed by atoms with Crippen LogP contribution in [0.5, 0.6) is 0 Å². The monoisotopic (exact) mass is 302 g/mol. The van der Waals surface area contributed by atoms with Gasteiger partial charge in [-0.1, -0.05) is 31.4 Å². The first kappa shape index (κ1) is 15.5. The van der Waals surface area contributed by atoms with Crippen molar-refractivity contribution in [1.29, 1.82) is 0 Å². The first-order chi connectivity index (χ1) is 10.7. The van der Waals surface area contributed by atoms with E-state index in [1.165, 1.54) is 24.8 Å². The Kier molecular flexibility index (Phi) is 5.11. The molecule has 1 aromatic carbocycles. The Bertz CT molecular complexity index is 494. The van der Waals surface area contributed by atoms with Crippen molar-refractivity contribution >= 4 is 11.6 Å². The van der Waals surface area contributed by atoms with E-state index < -0.39 is 0 Å². The number of rotatable bonds is 3. The standard InChI is InChI=1S/C18H26N2O2/c1-20-11-12-22-17(13-20)14-7-9-16(10-8-14)19-18(21)15-5-3-2-4-6-15/h7-10,15,17H,2-6,11-13H2,1H3,(H,19,21). The number of hydrogen-bond donors (Lipinski definition) is 1. The molecule has 1 unspecified atom stereocenters. The minimum atomic E-state index is 0.141. The maximum atomic E-state index is 12.3. The summed E-state index contributed by atoms with van der Waals surface area (Å²) in [5.74, 6) is 0.379. The fraction of sp³-hybridized carbons (Fsp3) is 0.611. The second kappa shape index (κ2) is 7.25.